The van der Waals surface area contributed by atoms with Gasteiger partial charge in [0.1, 0.15) is 3.70 Å². The number of thioether (sulfide) groups is 1. The van der Waals surface area contributed by atoms with Gasteiger partial charge < -0.3 is 4.74 Å². The third-order valence-corrected chi connectivity index (χ3v) is 6.52. The first-order chi connectivity index (χ1) is 12.1. The molecular formula is C18H24ClIN2O2S. The average Bonchev–Trinajstić information content (AvgIpc) is 2.99. The molecule has 1 unspecified atom stereocenters. The number of fused-ring (bicyclic) bond motifs is 1. The molecular weight excluding hydrogens is 471 g/mol. The van der Waals surface area contributed by atoms with Gasteiger partial charge in [-0.2, -0.15) is 5.10 Å². The lowest BCUT2D eigenvalue weighted by Gasteiger charge is -2.14. The zero-order valence-corrected chi connectivity index (χ0v) is 18.3. The SMILES string of the molecule is CCCCC(CC)COC(=O)CCSc1ccc2[nH]nc(I)c2c1Cl. The summed E-state index contributed by atoms with van der Waals surface area (Å²) in [6, 6.07) is 3.93. The van der Waals surface area contributed by atoms with Gasteiger partial charge in [-0.1, -0.05) is 44.7 Å². The number of halogens is 2. The molecule has 0 aliphatic rings. The molecule has 1 atom stereocenters. The van der Waals surface area contributed by atoms with Gasteiger partial charge in [0.15, 0.2) is 0 Å². The summed E-state index contributed by atoms with van der Waals surface area (Å²) < 4.78 is 6.29. The first kappa shape index (κ1) is 20.8. The number of nitrogens with zero attached hydrogens (tertiary/aromatic N) is 1. The number of carbonyl (C=O) groups excluding carboxylic acids is 1. The standard InChI is InChI=1S/C18H24ClIN2O2S/c1-3-5-6-12(4-2)11-24-15(23)9-10-25-14-8-7-13-16(17(14)19)18(20)22-21-13/h7-8,12H,3-6,9-11H2,1-2H3,(H,21,22). The van der Waals surface area contributed by atoms with Crippen molar-refractivity contribution in [2.75, 3.05) is 12.4 Å². The fourth-order valence-corrected chi connectivity index (χ4v) is 4.69. The number of ether oxygens (including phenoxy) is 1. The molecule has 1 aromatic carbocycles. The highest BCUT2D eigenvalue weighted by Crippen LogP contribution is 2.35. The van der Waals surface area contributed by atoms with Crippen LogP contribution in [0.1, 0.15) is 46.0 Å². The van der Waals surface area contributed by atoms with E-state index in [-0.39, 0.29) is 5.97 Å². The monoisotopic (exact) mass is 494 g/mol. The number of aromatic nitrogens is 2. The number of benzene rings is 1. The highest BCUT2D eigenvalue weighted by atomic mass is 127. The Bertz CT molecular complexity index is 708. The Kier molecular flexibility index (Phi) is 8.85. The van der Waals surface area contributed by atoms with Gasteiger partial charge in [0.05, 0.1) is 29.0 Å². The smallest absolute Gasteiger partial charge is 0.306 e. The number of rotatable bonds is 10. The molecule has 2 rings (SSSR count). The largest absolute Gasteiger partial charge is 0.465 e. The van der Waals surface area contributed by atoms with E-state index in [1.807, 2.05) is 12.1 Å². The van der Waals surface area contributed by atoms with Gasteiger partial charge in [-0.25, -0.2) is 0 Å². The van der Waals surface area contributed by atoms with Gasteiger partial charge in [0, 0.05) is 10.6 Å². The van der Waals surface area contributed by atoms with Crippen LogP contribution in [0.25, 0.3) is 10.9 Å². The molecule has 0 saturated heterocycles. The van der Waals surface area contributed by atoms with Gasteiger partial charge in [0.25, 0.3) is 0 Å². The molecule has 0 saturated carbocycles. The Balaban J connectivity index is 1.79. The van der Waals surface area contributed by atoms with E-state index in [0.29, 0.717) is 29.7 Å². The fourth-order valence-electron chi connectivity index (χ4n) is 2.55. The minimum absolute atomic E-state index is 0.127. The molecule has 0 aliphatic carbocycles. The zero-order valence-electron chi connectivity index (χ0n) is 14.6. The molecule has 4 nitrogen and oxygen atoms in total. The summed E-state index contributed by atoms with van der Waals surface area (Å²) in [7, 11) is 0. The minimum atomic E-state index is -0.127. The second kappa shape index (κ2) is 10.6. The quantitative estimate of drug-likeness (QED) is 0.248. The van der Waals surface area contributed by atoms with Crippen LogP contribution in [0.3, 0.4) is 0 Å². The van der Waals surface area contributed by atoms with Crippen molar-refractivity contribution in [2.24, 2.45) is 5.92 Å². The van der Waals surface area contributed by atoms with E-state index in [1.165, 1.54) is 12.8 Å². The highest BCUT2D eigenvalue weighted by Gasteiger charge is 2.13. The highest BCUT2D eigenvalue weighted by molar-refractivity contribution is 14.1. The molecule has 1 N–H and O–H groups in total. The predicted molar refractivity (Wildman–Crippen MR) is 113 cm³/mol. The van der Waals surface area contributed by atoms with Crippen molar-refractivity contribution >= 4 is 62.8 Å². The number of aromatic amines is 1. The summed E-state index contributed by atoms with van der Waals surface area (Å²) in [4.78, 5) is 12.9. The third kappa shape index (κ3) is 6.03. The lowest BCUT2D eigenvalue weighted by Crippen LogP contribution is -2.14. The number of esters is 1. The van der Waals surface area contributed by atoms with Crippen molar-refractivity contribution < 1.29 is 9.53 Å². The molecule has 0 bridgehead atoms. The van der Waals surface area contributed by atoms with Crippen molar-refractivity contribution in [1.29, 1.82) is 0 Å². The van der Waals surface area contributed by atoms with E-state index < -0.39 is 0 Å². The van der Waals surface area contributed by atoms with E-state index in [2.05, 4.69) is 46.6 Å². The van der Waals surface area contributed by atoms with Crippen LogP contribution in [-0.2, 0) is 9.53 Å². The zero-order chi connectivity index (χ0) is 18.2. The summed E-state index contributed by atoms with van der Waals surface area (Å²) in [6.07, 6.45) is 4.96. The predicted octanol–water partition coefficient (Wildman–Crippen LogP) is 6.06. The Morgan fingerprint density at radius 2 is 2.24 bits per heavy atom. The van der Waals surface area contributed by atoms with Crippen LogP contribution < -0.4 is 0 Å². The van der Waals surface area contributed by atoms with Crippen LogP contribution in [0.2, 0.25) is 5.02 Å². The van der Waals surface area contributed by atoms with Crippen LogP contribution in [0.4, 0.5) is 0 Å². The molecule has 1 aromatic heterocycles. The summed E-state index contributed by atoms with van der Waals surface area (Å²) in [5.41, 5.74) is 0.927. The van der Waals surface area contributed by atoms with Crippen molar-refractivity contribution in [3.8, 4) is 0 Å². The van der Waals surface area contributed by atoms with E-state index in [4.69, 9.17) is 16.3 Å². The van der Waals surface area contributed by atoms with Gasteiger partial charge in [-0.3, -0.25) is 9.89 Å². The van der Waals surface area contributed by atoms with E-state index >= 15 is 0 Å². The summed E-state index contributed by atoms with van der Waals surface area (Å²) >= 11 is 10.2. The van der Waals surface area contributed by atoms with Crippen LogP contribution >= 0.6 is 46.0 Å². The molecule has 7 heteroatoms. The molecule has 138 valence electrons. The molecule has 1 heterocycles. The fraction of sp³-hybridized carbons (Fsp3) is 0.556. The van der Waals surface area contributed by atoms with Crippen LogP contribution in [0, 0.1) is 9.62 Å². The maximum absolute atomic E-state index is 12.0. The molecule has 0 spiro atoms. The number of hydrogen-bond acceptors (Lipinski definition) is 4. The van der Waals surface area contributed by atoms with Crippen molar-refractivity contribution in [2.45, 2.75) is 50.8 Å². The van der Waals surface area contributed by atoms with Crippen LogP contribution in [0.15, 0.2) is 17.0 Å². The molecule has 0 amide bonds. The summed E-state index contributed by atoms with van der Waals surface area (Å²) in [5.74, 6) is 1.01. The van der Waals surface area contributed by atoms with E-state index in [9.17, 15) is 4.79 Å². The Hall–Kier alpha value is -0.470. The Morgan fingerprint density at radius 3 is 2.96 bits per heavy atom. The van der Waals surface area contributed by atoms with Gasteiger partial charge in [-0.05, 0) is 47.1 Å². The van der Waals surface area contributed by atoms with Crippen LogP contribution in [0.5, 0.6) is 0 Å². The average molecular weight is 495 g/mol. The second-order valence-corrected chi connectivity index (χ2v) is 8.55. The lowest BCUT2D eigenvalue weighted by atomic mass is 10.0. The first-order valence-corrected chi connectivity index (χ1v) is 11.1. The van der Waals surface area contributed by atoms with Gasteiger partial charge in [0.2, 0.25) is 0 Å². The topological polar surface area (TPSA) is 55.0 Å². The van der Waals surface area contributed by atoms with E-state index in [0.717, 1.165) is 32.3 Å². The number of hydrogen-bond donors (Lipinski definition) is 1. The summed E-state index contributed by atoms with van der Waals surface area (Å²) in [6.45, 7) is 4.88. The third-order valence-electron chi connectivity index (χ3n) is 4.17. The van der Waals surface area contributed by atoms with Gasteiger partial charge >= 0.3 is 5.97 Å². The Morgan fingerprint density at radius 1 is 1.44 bits per heavy atom. The maximum atomic E-state index is 12.0. The molecule has 25 heavy (non-hydrogen) atoms. The number of carbonyl (C=O) groups is 1. The van der Waals surface area contributed by atoms with Crippen molar-refractivity contribution in [3.05, 3.63) is 20.9 Å². The molecule has 0 fully saturated rings. The number of unbranched alkanes of at least 4 members (excludes halogenated alkanes) is 1. The van der Waals surface area contributed by atoms with Crippen molar-refractivity contribution in [3.63, 3.8) is 0 Å². The van der Waals surface area contributed by atoms with Crippen molar-refractivity contribution in [1.82, 2.24) is 10.2 Å². The number of nitrogens with one attached hydrogen (secondary N) is 1. The maximum Gasteiger partial charge on any atom is 0.306 e. The normalized spacial score (nSPS) is 12.5. The molecule has 2 aromatic rings. The van der Waals surface area contributed by atoms with Crippen LogP contribution in [-0.4, -0.2) is 28.5 Å². The molecule has 0 aliphatic heterocycles. The molecule has 0 radical (unpaired) electrons. The van der Waals surface area contributed by atoms with Gasteiger partial charge in [-0.15, -0.1) is 11.8 Å². The summed E-state index contributed by atoms with van der Waals surface area (Å²) in [5, 5.41) is 8.76. The number of H-pyrrole nitrogens is 1. The second-order valence-electron chi connectivity index (χ2n) is 6.01. The first-order valence-electron chi connectivity index (χ1n) is 8.67. The minimum Gasteiger partial charge on any atom is -0.465 e. The lowest BCUT2D eigenvalue weighted by molar-refractivity contribution is -0.144. The Labute approximate surface area is 171 Å². The van der Waals surface area contributed by atoms with E-state index in [1.54, 1.807) is 11.8 Å².